The minimum absolute atomic E-state index is 0.0106. The van der Waals surface area contributed by atoms with Crippen molar-refractivity contribution in [2.75, 3.05) is 4.72 Å². The number of pyridine rings is 1. The molecule has 8 heteroatoms. The highest BCUT2D eigenvalue weighted by molar-refractivity contribution is 9.10. The quantitative estimate of drug-likeness (QED) is 0.860. The summed E-state index contributed by atoms with van der Waals surface area (Å²) in [6, 6.07) is 7.15. The number of nitrogens with one attached hydrogen (secondary N) is 1. The van der Waals surface area contributed by atoms with Crippen LogP contribution in [0.4, 0.5) is 5.82 Å². The molecule has 0 fully saturated rings. The lowest BCUT2D eigenvalue weighted by Gasteiger charge is -2.10. The van der Waals surface area contributed by atoms with Gasteiger partial charge in [0.1, 0.15) is 0 Å². The largest absolute Gasteiger partial charge is 0.504 e. The molecule has 0 aliphatic carbocycles. The Morgan fingerprint density at radius 3 is 2.65 bits per heavy atom. The average Bonchev–Trinajstić information content (AvgIpc) is 2.36. The third-order valence-corrected chi connectivity index (χ3v) is 5.00. The number of aryl methyl sites for hydroxylation is 1. The van der Waals surface area contributed by atoms with Gasteiger partial charge in [-0.25, -0.2) is 13.4 Å². The zero-order valence-electron chi connectivity index (χ0n) is 10.3. The van der Waals surface area contributed by atoms with E-state index >= 15 is 0 Å². The highest BCUT2D eigenvalue weighted by Gasteiger charge is 2.18. The van der Waals surface area contributed by atoms with E-state index in [0.29, 0.717) is 15.2 Å². The van der Waals surface area contributed by atoms with Crippen molar-refractivity contribution in [1.29, 1.82) is 0 Å². The van der Waals surface area contributed by atoms with Crippen LogP contribution < -0.4 is 4.72 Å². The lowest BCUT2D eigenvalue weighted by Crippen LogP contribution is -2.14. The number of rotatable bonds is 3. The molecule has 0 amide bonds. The number of hydrogen-bond donors (Lipinski definition) is 2. The average molecular weight is 378 g/mol. The first-order valence-corrected chi connectivity index (χ1v) is 8.09. The molecule has 2 rings (SSSR count). The molecule has 20 heavy (non-hydrogen) atoms. The topological polar surface area (TPSA) is 79.3 Å². The standard InChI is InChI=1S/C12H10BrClN2O3S/c1-7-2-5-11(17)12(15-7)16-20(18,19)8-3-4-10(14)9(13)6-8/h2-6,17H,1H3,(H,15,16). The van der Waals surface area contributed by atoms with Crippen molar-refractivity contribution in [2.45, 2.75) is 11.8 Å². The van der Waals surface area contributed by atoms with Crippen LogP contribution in [-0.4, -0.2) is 18.5 Å². The van der Waals surface area contributed by atoms with Crippen LogP contribution in [-0.2, 0) is 10.0 Å². The molecule has 1 aromatic carbocycles. The summed E-state index contributed by atoms with van der Waals surface area (Å²) in [5, 5.41) is 10.0. The minimum atomic E-state index is -3.85. The van der Waals surface area contributed by atoms with E-state index in [9.17, 15) is 13.5 Å². The molecular formula is C12H10BrClN2O3S. The number of benzene rings is 1. The van der Waals surface area contributed by atoms with Gasteiger partial charge < -0.3 is 5.11 Å². The molecule has 0 atom stereocenters. The summed E-state index contributed by atoms with van der Waals surface area (Å²) in [5.74, 6) is -0.358. The Labute approximate surface area is 129 Å². The van der Waals surface area contributed by atoms with Crippen LogP contribution in [0, 0.1) is 6.92 Å². The van der Waals surface area contributed by atoms with E-state index < -0.39 is 10.0 Å². The summed E-state index contributed by atoms with van der Waals surface area (Å²) < 4.78 is 27.1. The molecule has 0 radical (unpaired) electrons. The molecule has 0 saturated heterocycles. The second-order valence-corrected chi connectivity index (χ2v) is 6.95. The smallest absolute Gasteiger partial charge is 0.263 e. The first kappa shape index (κ1) is 15.1. The van der Waals surface area contributed by atoms with Crippen LogP contribution in [0.3, 0.4) is 0 Å². The Morgan fingerprint density at radius 2 is 2.00 bits per heavy atom. The number of aromatic nitrogens is 1. The van der Waals surface area contributed by atoms with E-state index in [1.165, 1.54) is 24.3 Å². The zero-order chi connectivity index (χ0) is 14.9. The third kappa shape index (κ3) is 3.23. The van der Waals surface area contributed by atoms with Crippen molar-refractivity contribution < 1.29 is 13.5 Å². The molecule has 1 aromatic heterocycles. The molecule has 1 heterocycles. The molecule has 5 nitrogen and oxygen atoms in total. The normalized spacial score (nSPS) is 11.3. The monoisotopic (exact) mass is 376 g/mol. The summed E-state index contributed by atoms with van der Waals surface area (Å²) in [5.41, 5.74) is 0.581. The summed E-state index contributed by atoms with van der Waals surface area (Å²) in [6.07, 6.45) is 0. The van der Waals surface area contributed by atoms with Gasteiger partial charge in [-0.1, -0.05) is 11.6 Å². The molecule has 2 N–H and O–H groups in total. The Balaban J connectivity index is 2.40. The lowest BCUT2D eigenvalue weighted by atomic mass is 10.3. The van der Waals surface area contributed by atoms with Gasteiger partial charge in [-0.2, -0.15) is 0 Å². The van der Waals surface area contributed by atoms with Crippen LogP contribution in [0.5, 0.6) is 5.75 Å². The highest BCUT2D eigenvalue weighted by atomic mass is 79.9. The van der Waals surface area contributed by atoms with E-state index in [0.717, 1.165) is 0 Å². The van der Waals surface area contributed by atoms with Crippen molar-refractivity contribution >= 4 is 43.4 Å². The third-order valence-electron chi connectivity index (χ3n) is 2.45. The van der Waals surface area contributed by atoms with Crippen molar-refractivity contribution in [3.63, 3.8) is 0 Å². The van der Waals surface area contributed by atoms with Crippen LogP contribution >= 0.6 is 27.5 Å². The molecule has 0 aliphatic rings. The molecule has 0 aliphatic heterocycles. The summed E-state index contributed by atoms with van der Waals surface area (Å²) >= 11 is 8.98. The van der Waals surface area contributed by atoms with E-state index in [1.54, 1.807) is 13.0 Å². The minimum Gasteiger partial charge on any atom is -0.504 e. The van der Waals surface area contributed by atoms with Crippen LogP contribution in [0.2, 0.25) is 5.02 Å². The van der Waals surface area contributed by atoms with Gasteiger partial charge in [-0.3, -0.25) is 4.72 Å². The van der Waals surface area contributed by atoms with Gasteiger partial charge in [0.05, 0.1) is 9.92 Å². The fraction of sp³-hybridized carbons (Fsp3) is 0.0833. The Hall–Kier alpha value is -1.31. The summed E-state index contributed by atoms with van der Waals surface area (Å²) in [7, 11) is -3.85. The molecule has 0 unspecified atom stereocenters. The number of anilines is 1. The Kier molecular flexibility index (Phi) is 4.22. The van der Waals surface area contributed by atoms with Crippen LogP contribution in [0.15, 0.2) is 39.7 Å². The van der Waals surface area contributed by atoms with Gasteiger partial charge in [0.2, 0.25) is 0 Å². The number of nitrogens with zero attached hydrogens (tertiary/aromatic N) is 1. The van der Waals surface area contributed by atoms with Crippen LogP contribution in [0.25, 0.3) is 0 Å². The molecule has 2 aromatic rings. The second kappa shape index (κ2) is 5.59. The summed E-state index contributed by atoms with van der Waals surface area (Å²) in [4.78, 5) is 3.96. The number of hydrogen-bond acceptors (Lipinski definition) is 4. The Bertz CT molecular complexity index is 765. The van der Waals surface area contributed by atoms with Gasteiger partial charge in [0.15, 0.2) is 11.6 Å². The van der Waals surface area contributed by atoms with Gasteiger partial charge in [0.25, 0.3) is 10.0 Å². The molecule has 106 valence electrons. The fourth-order valence-corrected chi connectivity index (χ4v) is 3.15. The van der Waals surface area contributed by atoms with Gasteiger partial charge in [-0.05, 0) is 53.2 Å². The SMILES string of the molecule is Cc1ccc(O)c(NS(=O)(=O)c2ccc(Cl)c(Br)c2)n1. The number of halogens is 2. The zero-order valence-corrected chi connectivity index (χ0v) is 13.4. The maximum atomic E-state index is 12.2. The van der Waals surface area contributed by atoms with E-state index in [4.69, 9.17) is 11.6 Å². The second-order valence-electron chi connectivity index (χ2n) is 4.00. The maximum absolute atomic E-state index is 12.2. The van der Waals surface area contributed by atoms with Gasteiger partial charge in [-0.15, -0.1) is 0 Å². The molecular weight excluding hydrogens is 368 g/mol. The first-order valence-electron chi connectivity index (χ1n) is 5.44. The fourth-order valence-electron chi connectivity index (χ4n) is 1.45. The van der Waals surface area contributed by atoms with Crippen molar-refractivity contribution in [2.24, 2.45) is 0 Å². The van der Waals surface area contributed by atoms with E-state index in [1.807, 2.05) is 0 Å². The summed E-state index contributed by atoms with van der Waals surface area (Å²) in [6.45, 7) is 1.69. The van der Waals surface area contributed by atoms with Crippen molar-refractivity contribution in [1.82, 2.24) is 4.98 Å². The van der Waals surface area contributed by atoms with Crippen molar-refractivity contribution in [3.8, 4) is 5.75 Å². The van der Waals surface area contributed by atoms with Gasteiger partial charge >= 0.3 is 0 Å². The maximum Gasteiger partial charge on any atom is 0.263 e. The van der Waals surface area contributed by atoms with Crippen LogP contribution in [0.1, 0.15) is 5.69 Å². The molecule has 0 spiro atoms. The van der Waals surface area contributed by atoms with E-state index in [-0.39, 0.29) is 16.5 Å². The number of sulfonamides is 1. The number of aromatic hydroxyl groups is 1. The highest BCUT2D eigenvalue weighted by Crippen LogP contribution is 2.28. The predicted octanol–water partition coefficient (Wildman–Crippen LogP) is 3.31. The van der Waals surface area contributed by atoms with E-state index in [2.05, 4.69) is 25.6 Å². The lowest BCUT2D eigenvalue weighted by molar-refractivity contribution is 0.475. The molecule has 0 bridgehead atoms. The van der Waals surface area contributed by atoms with Gasteiger partial charge in [0, 0.05) is 10.2 Å². The first-order chi connectivity index (χ1) is 9.29. The molecule has 0 saturated carbocycles. The predicted molar refractivity (Wildman–Crippen MR) is 80.6 cm³/mol. The Morgan fingerprint density at radius 1 is 1.30 bits per heavy atom. The van der Waals surface area contributed by atoms with Crippen molar-refractivity contribution in [3.05, 3.63) is 45.5 Å².